The fraction of sp³-hybridized carbons (Fsp3) is 0.815. The van der Waals surface area contributed by atoms with Crippen molar-refractivity contribution in [3.05, 3.63) is 23.8 Å². The minimum Gasteiger partial charge on any atom is -0.390 e. The second-order valence-electron chi connectivity index (χ2n) is 12.0. The van der Waals surface area contributed by atoms with Crippen molar-refractivity contribution in [2.75, 3.05) is 0 Å². The van der Waals surface area contributed by atoms with E-state index >= 15 is 0 Å². The fourth-order valence-corrected chi connectivity index (χ4v) is 8.14. The van der Waals surface area contributed by atoms with Gasteiger partial charge in [-0.25, -0.2) is 0 Å². The minimum atomic E-state index is -0.531. The molecule has 0 aromatic rings. The molecule has 0 aromatic carbocycles. The summed E-state index contributed by atoms with van der Waals surface area (Å²) in [4.78, 5) is 12.0. The lowest BCUT2D eigenvalue weighted by Gasteiger charge is -2.56. The molecule has 2 saturated carbocycles. The Kier molecular flexibility index (Phi) is 5.42. The van der Waals surface area contributed by atoms with Gasteiger partial charge in [-0.2, -0.15) is 0 Å². The van der Waals surface area contributed by atoms with Crippen LogP contribution in [0.2, 0.25) is 0 Å². The lowest BCUT2D eigenvalue weighted by atomic mass is 9.48. The van der Waals surface area contributed by atoms with Crippen LogP contribution in [0.25, 0.3) is 0 Å². The average molecular weight is 399 g/mol. The van der Waals surface area contributed by atoms with Gasteiger partial charge in [0.1, 0.15) is 0 Å². The molecule has 0 amide bonds. The van der Waals surface area contributed by atoms with Gasteiger partial charge >= 0.3 is 0 Å². The predicted octanol–water partition coefficient (Wildman–Crippen LogP) is 6.49. The summed E-state index contributed by atoms with van der Waals surface area (Å²) in [5.41, 5.74) is 1.47. The van der Waals surface area contributed by atoms with Crippen LogP contribution < -0.4 is 0 Å². The Hall–Kier alpha value is -0.890. The quantitative estimate of drug-likeness (QED) is 0.538. The smallest absolute Gasteiger partial charge is 0.159 e. The molecular formula is C27H42O2. The van der Waals surface area contributed by atoms with Crippen LogP contribution in [0.5, 0.6) is 0 Å². The lowest BCUT2D eigenvalue weighted by molar-refractivity contribution is -0.115. The van der Waals surface area contributed by atoms with Gasteiger partial charge in [0.25, 0.3) is 0 Å². The van der Waals surface area contributed by atoms with Crippen LogP contribution in [0.1, 0.15) is 92.4 Å². The summed E-state index contributed by atoms with van der Waals surface area (Å²) in [6.07, 6.45) is 17.2. The van der Waals surface area contributed by atoms with E-state index in [9.17, 15) is 9.90 Å². The van der Waals surface area contributed by atoms with Gasteiger partial charge in [0, 0.05) is 11.8 Å². The normalized spacial score (nSPS) is 42.7. The molecule has 0 radical (unpaired) electrons. The highest BCUT2D eigenvalue weighted by Crippen LogP contribution is 2.66. The number of carbonyl (C=O) groups is 1. The van der Waals surface area contributed by atoms with Crippen molar-refractivity contribution < 1.29 is 9.90 Å². The van der Waals surface area contributed by atoms with E-state index in [2.05, 4.69) is 32.9 Å². The molecule has 2 fully saturated rings. The number of rotatable bonds is 5. The maximum atomic E-state index is 12.0. The van der Waals surface area contributed by atoms with Crippen LogP contribution >= 0.6 is 0 Å². The highest BCUT2D eigenvalue weighted by Gasteiger charge is 2.58. The number of hydrogen-bond acceptors (Lipinski definition) is 2. The van der Waals surface area contributed by atoms with Gasteiger partial charge in [0.15, 0.2) is 5.78 Å². The molecule has 1 N–H and O–H groups in total. The molecule has 162 valence electrons. The maximum absolute atomic E-state index is 12.0. The van der Waals surface area contributed by atoms with Gasteiger partial charge in [-0.1, -0.05) is 51.3 Å². The minimum absolute atomic E-state index is 0.120. The molecule has 0 saturated heterocycles. The molecule has 0 heterocycles. The summed E-state index contributed by atoms with van der Waals surface area (Å²) in [6, 6.07) is 0. The van der Waals surface area contributed by atoms with Gasteiger partial charge in [-0.05, 0) is 93.5 Å². The van der Waals surface area contributed by atoms with Crippen molar-refractivity contribution in [3.8, 4) is 0 Å². The molecule has 29 heavy (non-hydrogen) atoms. The van der Waals surface area contributed by atoms with Gasteiger partial charge in [-0.3, -0.25) is 4.79 Å². The van der Waals surface area contributed by atoms with Crippen molar-refractivity contribution in [2.45, 2.75) is 98.0 Å². The summed E-state index contributed by atoms with van der Waals surface area (Å²) in [7, 11) is 0. The molecular weight excluding hydrogens is 356 g/mol. The first-order valence-corrected chi connectivity index (χ1v) is 12.2. The highest BCUT2D eigenvalue weighted by atomic mass is 16.3. The fourth-order valence-electron chi connectivity index (χ4n) is 8.14. The second-order valence-corrected chi connectivity index (χ2v) is 12.0. The van der Waals surface area contributed by atoms with E-state index < -0.39 is 5.60 Å². The molecule has 2 heteroatoms. The topological polar surface area (TPSA) is 37.3 Å². The molecule has 0 aromatic heterocycles. The standard InChI is InChI=1S/C27H42O2/c1-18(7-6-14-25(2,3)29)22-10-11-23-21-9-8-19-17-20(28)12-15-26(19,4)24(21)13-16-27(22,23)5/h8,12,15,18,21-24,29H,6-7,9-11,13-14,16-17H2,1-5H3/t18-,21+,22-,23+,24+,26+,27-/m1/s1. The molecule has 4 aliphatic rings. The number of hydrogen-bond donors (Lipinski definition) is 1. The third-order valence-corrected chi connectivity index (χ3v) is 9.72. The molecule has 2 nitrogen and oxygen atoms in total. The van der Waals surface area contributed by atoms with Crippen molar-refractivity contribution in [1.29, 1.82) is 0 Å². The first kappa shape index (κ1) is 21.3. The maximum Gasteiger partial charge on any atom is 0.159 e. The zero-order valence-electron chi connectivity index (χ0n) is 19.3. The largest absolute Gasteiger partial charge is 0.390 e. The number of allylic oxidation sites excluding steroid dienone is 4. The summed E-state index contributed by atoms with van der Waals surface area (Å²) in [6.45, 7) is 11.4. The van der Waals surface area contributed by atoms with Crippen LogP contribution in [-0.2, 0) is 4.79 Å². The third-order valence-electron chi connectivity index (χ3n) is 9.72. The molecule has 4 rings (SSSR count). The Balaban J connectivity index is 1.49. The van der Waals surface area contributed by atoms with E-state index in [0.29, 0.717) is 17.8 Å². The van der Waals surface area contributed by atoms with Crippen molar-refractivity contribution in [1.82, 2.24) is 0 Å². The van der Waals surface area contributed by atoms with Crippen molar-refractivity contribution >= 4 is 5.78 Å². The van der Waals surface area contributed by atoms with Gasteiger partial charge < -0.3 is 5.11 Å². The van der Waals surface area contributed by atoms with Gasteiger partial charge in [0.2, 0.25) is 0 Å². The monoisotopic (exact) mass is 398 g/mol. The lowest BCUT2D eigenvalue weighted by Crippen LogP contribution is -2.49. The Morgan fingerprint density at radius 2 is 1.97 bits per heavy atom. The van der Waals surface area contributed by atoms with Gasteiger partial charge in [-0.15, -0.1) is 0 Å². The number of fused-ring (bicyclic) bond motifs is 5. The SMILES string of the molecule is C[C@H](CCCC(C)(C)O)[C@H]1CC[C@H]2[C@@H]3CC=C4CC(=O)C=C[C@]4(C)[C@H]3CC[C@]12C. The van der Waals surface area contributed by atoms with E-state index in [1.807, 2.05) is 19.9 Å². The Bertz CT molecular complexity index is 711. The van der Waals surface area contributed by atoms with E-state index in [4.69, 9.17) is 0 Å². The molecule has 0 bridgehead atoms. The molecule has 0 aliphatic heterocycles. The van der Waals surface area contributed by atoms with Crippen molar-refractivity contribution in [3.63, 3.8) is 0 Å². The molecule has 7 atom stereocenters. The first-order valence-electron chi connectivity index (χ1n) is 12.2. The highest BCUT2D eigenvalue weighted by molar-refractivity contribution is 5.93. The number of carbonyl (C=O) groups excluding carboxylic acids is 1. The first-order chi connectivity index (χ1) is 13.5. The van der Waals surface area contributed by atoms with E-state index in [0.717, 1.165) is 36.5 Å². The predicted molar refractivity (Wildman–Crippen MR) is 119 cm³/mol. The number of ketones is 1. The van der Waals surface area contributed by atoms with Crippen molar-refractivity contribution in [2.24, 2.45) is 40.4 Å². The van der Waals surface area contributed by atoms with Crippen LogP contribution in [0.3, 0.4) is 0 Å². The van der Waals surface area contributed by atoms with Crippen LogP contribution in [0, 0.1) is 40.4 Å². The summed E-state index contributed by atoms with van der Waals surface area (Å²) < 4.78 is 0. The second kappa shape index (κ2) is 7.36. The summed E-state index contributed by atoms with van der Waals surface area (Å²) in [5.74, 6) is 4.21. The summed E-state index contributed by atoms with van der Waals surface area (Å²) in [5, 5.41) is 10.1. The van der Waals surface area contributed by atoms with E-state index in [1.54, 1.807) is 0 Å². The Morgan fingerprint density at radius 1 is 1.21 bits per heavy atom. The Morgan fingerprint density at radius 3 is 2.69 bits per heavy atom. The van der Waals surface area contributed by atoms with E-state index in [1.165, 1.54) is 44.1 Å². The van der Waals surface area contributed by atoms with Crippen LogP contribution in [-0.4, -0.2) is 16.5 Å². The van der Waals surface area contributed by atoms with Gasteiger partial charge in [0.05, 0.1) is 5.60 Å². The summed E-state index contributed by atoms with van der Waals surface area (Å²) >= 11 is 0. The number of aliphatic hydroxyl groups is 1. The molecule has 4 aliphatic carbocycles. The zero-order chi connectivity index (χ0) is 21.0. The third kappa shape index (κ3) is 3.68. The van der Waals surface area contributed by atoms with Crippen LogP contribution in [0.15, 0.2) is 23.8 Å². The average Bonchev–Trinajstić information content (AvgIpc) is 2.98. The van der Waals surface area contributed by atoms with E-state index in [-0.39, 0.29) is 11.2 Å². The Labute approximate surface area is 178 Å². The molecule has 0 spiro atoms. The zero-order valence-corrected chi connectivity index (χ0v) is 19.3. The van der Waals surface area contributed by atoms with Crippen LogP contribution in [0.4, 0.5) is 0 Å². The molecule has 0 unspecified atom stereocenters.